The fraction of sp³-hybridized carbons (Fsp3) is 0.333. The minimum absolute atomic E-state index is 0.0630. The molecule has 2 N–H and O–H groups in total. The lowest BCUT2D eigenvalue weighted by atomic mass is 10.0. The van der Waals surface area contributed by atoms with E-state index in [-0.39, 0.29) is 12.1 Å². The molecule has 0 bridgehead atoms. The number of ether oxygens (including phenoxy) is 1. The molecular formula is C18H22ClNO. The molecule has 0 saturated heterocycles. The maximum atomic E-state index is 6.25. The second-order valence-corrected chi connectivity index (χ2v) is 5.92. The number of hydrogen-bond acceptors (Lipinski definition) is 2. The molecule has 2 rings (SSSR count). The van der Waals surface area contributed by atoms with Gasteiger partial charge in [0.1, 0.15) is 11.9 Å². The Balaban J connectivity index is 2.30. The molecule has 0 amide bonds. The summed E-state index contributed by atoms with van der Waals surface area (Å²) in [6.45, 7) is 6.20. The molecule has 21 heavy (non-hydrogen) atoms. The van der Waals surface area contributed by atoms with E-state index < -0.39 is 0 Å². The Hall–Kier alpha value is -1.51. The van der Waals surface area contributed by atoms with E-state index in [0.29, 0.717) is 5.02 Å². The maximum Gasteiger partial charge on any atom is 0.139 e. The molecule has 2 unspecified atom stereocenters. The third-order valence-corrected chi connectivity index (χ3v) is 3.77. The fourth-order valence-electron chi connectivity index (χ4n) is 2.42. The van der Waals surface area contributed by atoms with Crippen LogP contribution >= 0.6 is 11.6 Å². The van der Waals surface area contributed by atoms with Crippen molar-refractivity contribution in [1.29, 1.82) is 0 Å². The maximum absolute atomic E-state index is 6.25. The first-order valence-electron chi connectivity index (χ1n) is 7.25. The highest BCUT2D eigenvalue weighted by molar-refractivity contribution is 6.30. The monoisotopic (exact) mass is 303 g/mol. The average molecular weight is 304 g/mol. The van der Waals surface area contributed by atoms with E-state index in [4.69, 9.17) is 22.1 Å². The van der Waals surface area contributed by atoms with Crippen LogP contribution in [0.2, 0.25) is 5.02 Å². The molecule has 0 saturated carbocycles. The fourth-order valence-corrected chi connectivity index (χ4v) is 2.54. The van der Waals surface area contributed by atoms with Crippen molar-refractivity contribution in [3.05, 3.63) is 64.2 Å². The van der Waals surface area contributed by atoms with Crippen LogP contribution < -0.4 is 10.5 Å². The van der Waals surface area contributed by atoms with Crippen molar-refractivity contribution in [2.24, 2.45) is 5.73 Å². The minimum Gasteiger partial charge on any atom is -0.484 e. The summed E-state index contributed by atoms with van der Waals surface area (Å²) in [5.74, 6) is 0.858. The zero-order valence-electron chi connectivity index (χ0n) is 12.8. The van der Waals surface area contributed by atoms with Gasteiger partial charge in [0.05, 0.1) is 0 Å². The first-order valence-corrected chi connectivity index (χ1v) is 7.63. The van der Waals surface area contributed by atoms with Crippen molar-refractivity contribution in [2.45, 2.75) is 39.3 Å². The molecule has 0 spiro atoms. The number of hydrogen-bond donors (Lipinski definition) is 1. The van der Waals surface area contributed by atoms with E-state index in [1.807, 2.05) is 36.4 Å². The lowest BCUT2D eigenvalue weighted by Crippen LogP contribution is -2.31. The molecule has 2 nitrogen and oxygen atoms in total. The molecule has 3 heteroatoms. The molecule has 0 fully saturated rings. The minimum atomic E-state index is -0.173. The van der Waals surface area contributed by atoms with Gasteiger partial charge in [-0.05, 0) is 61.2 Å². The van der Waals surface area contributed by atoms with Gasteiger partial charge >= 0.3 is 0 Å². The zero-order valence-corrected chi connectivity index (χ0v) is 13.5. The van der Waals surface area contributed by atoms with E-state index in [2.05, 4.69) is 26.8 Å². The predicted molar refractivity (Wildman–Crippen MR) is 89.0 cm³/mol. The topological polar surface area (TPSA) is 35.2 Å². The Morgan fingerprint density at radius 3 is 2.14 bits per heavy atom. The van der Waals surface area contributed by atoms with Crippen LogP contribution in [0.1, 0.15) is 36.1 Å². The molecule has 0 radical (unpaired) electrons. The van der Waals surface area contributed by atoms with Crippen molar-refractivity contribution in [3.63, 3.8) is 0 Å². The van der Waals surface area contributed by atoms with Crippen LogP contribution in [0, 0.1) is 13.8 Å². The Labute approximate surface area is 131 Å². The Kier molecular flexibility index (Phi) is 5.27. The highest BCUT2D eigenvalue weighted by Gasteiger charge is 2.20. The lowest BCUT2D eigenvalue weighted by molar-refractivity contribution is 0.171. The molecule has 2 aromatic rings. The largest absolute Gasteiger partial charge is 0.484 e. The number of benzene rings is 2. The standard InChI is InChI=1S/C18H22ClNO/c1-4-17(20)18(14-5-7-15(19)8-6-14)21-16-10-12(2)9-13(3)11-16/h5-11,17-18H,4,20H2,1-3H3. The third-order valence-electron chi connectivity index (χ3n) is 3.52. The van der Waals surface area contributed by atoms with E-state index in [9.17, 15) is 0 Å². The first-order chi connectivity index (χ1) is 9.99. The summed E-state index contributed by atoms with van der Waals surface area (Å²) in [5, 5.41) is 0.717. The highest BCUT2D eigenvalue weighted by atomic mass is 35.5. The molecular weight excluding hydrogens is 282 g/mol. The second-order valence-electron chi connectivity index (χ2n) is 5.49. The number of nitrogens with two attached hydrogens (primary N) is 1. The Morgan fingerprint density at radius 1 is 1.05 bits per heavy atom. The van der Waals surface area contributed by atoms with Gasteiger partial charge in [0, 0.05) is 11.1 Å². The molecule has 0 aliphatic carbocycles. The van der Waals surface area contributed by atoms with Crippen molar-refractivity contribution < 1.29 is 4.74 Å². The summed E-state index contributed by atoms with van der Waals surface area (Å²) < 4.78 is 6.19. The van der Waals surface area contributed by atoms with Crippen LogP contribution in [0.25, 0.3) is 0 Å². The number of rotatable bonds is 5. The van der Waals surface area contributed by atoms with Gasteiger partial charge in [-0.15, -0.1) is 0 Å². The van der Waals surface area contributed by atoms with Gasteiger partial charge in [-0.25, -0.2) is 0 Å². The van der Waals surface area contributed by atoms with Gasteiger partial charge < -0.3 is 10.5 Å². The van der Waals surface area contributed by atoms with Gasteiger partial charge in [0.15, 0.2) is 0 Å². The SMILES string of the molecule is CCC(N)C(Oc1cc(C)cc(C)c1)c1ccc(Cl)cc1. The summed E-state index contributed by atoms with van der Waals surface area (Å²) >= 11 is 5.96. The van der Waals surface area contributed by atoms with Crippen LogP contribution in [0.5, 0.6) is 5.75 Å². The number of aryl methyl sites for hydroxylation is 2. The summed E-state index contributed by atoms with van der Waals surface area (Å²) in [5.41, 5.74) is 9.67. The van der Waals surface area contributed by atoms with Gasteiger partial charge in [-0.3, -0.25) is 0 Å². The summed E-state index contributed by atoms with van der Waals surface area (Å²) in [4.78, 5) is 0. The van der Waals surface area contributed by atoms with Gasteiger partial charge in [-0.2, -0.15) is 0 Å². The molecule has 0 aliphatic heterocycles. The third kappa shape index (κ3) is 4.23. The summed E-state index contributed by atoms with van der Waals surface area (Å²) in [7, 11) is 0. The number of halogens is 1. The second kappa shape index (κ2) is 6.97. The Bertz CT molecular complexity index is 574. The van der Waals surface area contributed by atoms with Crippen LogP contribution in [-0.2, 0) is 0 Å². The highest BCUT2D eigenvalue weighted by Crippen LogP contribution is 2.27. The van der Waals surface area contributed by atoms with Crippen molar-refractivity contribution >= 4 is 11.6 Å². The molecule has 2 atom stereocenters. The average Bonchev–Trinajstić information content (AvgIpc) is 2.44. The normalized spacial score (nSPS) is 13.8. The molecule has 0 aromatic heterocycles. The molecule has 112 valence electrons. The van der Waals surface area contributed by atoms with Gasteiger partial charge in [0.25, 0.3) is 0 Å². The van der Waals surface area contributed by atoms with Crippen molar-refractivity contribution in [1.82, 2.24) is 0 Å². The van der Waals surface area contributed by atoms with E-state index in [1.54, 1.807) is 0 Å². The van der Waals surface area contributed by atoms with Crippen LogP contribution in [0.15, 0.2) is 42.5 Å². The van der Waals surface area contributed by atoms with E-state index in [1.165, 1.54) is 11.1 Å². The lowest BCUT2D eigenvalue weighted by Gasteiger charge is -2.25. The van der Waals surface area contributed by atoms with Crippen LogP contribution in [-0.4, -0.2) is 6.04 Å². The van der Waals surface area contributed by atoms with Gasteiger partial charge in [-0.1, -0.05) is 36.7 Å². The van der Waals surface area contributed by atoms with Gasteiger partial charge in [0.2, 0.25) is 0 Å². The molecule has 0 heterocycles. The summed E-state index contributed by atoms with van der Waals surface area (Å²) in [6.07, 6.45) is 0.673. The van der Waals surface area contributed by atoms with E-state index >= 15 is 0 Å². The quantitative estimate of drug-likeness (QED) is 0.860. The van der Waals surface area contributed by atoms with Crippen molar-refractivity contribution in [2.75, 3.05) is 0 Å². The van der Waals surface area contributed by atoms with E-state index in [0.717, 1.165) is 17.7 Å². The zero-order chi connectivity index (χ0) is 15.4. The summed E-state index contributed by atoms with van der Waals surface area (Å²) in [6, 6.07) is 13.8. The smallest absolute Gasteiger partial charge is 0.139 e. The molecule has 2 aromatic carbocycles. The van der Waals surface area contributed by atoms with Crippen LogP contribution in [0.4, 0.5) is 0 Å². The predicted octanol–water partition coefficient (Wildman–Crippen LogP) is 4.81. The first kappa shape index (κ1) is 15.9. The van der Waals surface area contributed by atoms with Crippen molar-refractivity contribution in [3.8, 4) is 5.75 Å². The van der Waals surface area contributed by atoms with Crippen LogP contribution in [0.3, 0.4) is 0 Å². The molecule has 0 aliphatic rings. The Morgan fingerprint density at radius 2 is 1.62 bits per heavy atom.